The lowest BCUT2D eigenvalue weighted by atomic mass is 10.2. The summed E-state index contributed by atoms with van der Waals surface area (Å²) in [5.41, 5.74) is 5.78. The lowest BCUT2D eigenvalue weighted by Gasteiger charge is -2.19. The fourth-order valence-corrected chi connectivity index (χ4v) is 4.78. The molecule has 0 radical (unpaired) electrons. The number of thiophene rings is 1. The molecule has 1 aliphatic heterocycles. The lowest BCUT2D eigenvalue weighted by molar-refractivity contribution is 0.270. The van der Waals surface area contributed by atoms with Crippen LogP contribution in [0.5, 0.6) is 0 Å². The van der Waals surface area contributed by atoms with E-state index in [-0.39, 0.29) is 5.56 Å². The zero-order chi connectivity index (χ0) is 18.4. The highest BCUT2D eigenvalue weighted by molar-refractivity contribution is 7.17. The van der Waals surface area contributed by atoms with Crippen LogP contribution in [0.3, 0.4) is 0 Å². The van der Waals surface area contributed by atoms with Gasteiger partial charge in [0.2, 0.25) is 0 Å². The summed E-state index contributed by atoms with van der Waals surface area (Å²) in [4.78, 5) is 20.1. The zero-order valence-electron chi connectivity index (χ0n) is 15.9. The van der Waals surface area contributed by atoms with Gasteiger partial charge < -0.3 is 0 Å². The summed E-state index contributed by atoms with van der Waals surface area (Å²) in [5.74, 6) is 0.921. The van der Waals surface area contributed by atoms with Crippen LogP contribution < -0.4 is 5.56 Å². The van der Waals surface area contributed by atoms with E-state index in [4.69, 9.17) is 4.98 Å². The molecule has 4 rings (SSSR count). The topological polar surface area (TPSA) is 56.0 Å². The van der Waals surface area contributed by atoms with Crippen LogP contribution in [0.25, 0.3) is 10.2 Å². The Morgan fingerprint density at radius 2 is 2.00 bits per heavy atom. The smallest absolute Gasteiger partial charge is 0.271 e. The van der Waals surface area contributed by atoms with E-state index in [2.05, 4.69) is 35.5 Å². The van der Waals surface area contributed by atoms with Crippen molar-refractivity contribution in [3.05, 3.63) is 44.1 Å². The van der Waals surface area contributed by atoms with Crippen molar-refractivity contribution >= 4 is 21.6 Å². The van der Waals surface area contributed by atoms with Gasteiger partial charge in [-0.15, -0.1) is 11.3 Å². The predicted molar refractivity (Wildman–Crippen MR) is 105 cm³/mol. The van der Waals surface area contributed by atoms with Gasteiger partial charge in [-0.2, -0.15) is 5.10 Å². The third kappa shape index (κ3) is 2.79. The number of rotatable bonds is 3. The minimum absolute atomic E-state index is 0.121. The zero-order valence-corrected chi connectivity index (χ0v) is 16.7. The van der Waals surface area contributed by atoms with Crippen molar-refractivity contribution in [1.82, 2.24) is 24.2 Å². The fourth-order valence-electron chi connectivity index (χ4n) is 3.84. The van der Waals surface area contributed by atoms with Gasteiger partial charge in [-0.3, -0.25) is 18.9 Å². The largest absolute Gasteiger partial charge is 0.297 e. The number of aromatic nitrogens is 4. The van der Waals surface area contributed by atoms with E-state index >= 15 is 0 Å². The number of fused-ring (bicyclic) bond motifs is 2. The summed E-state index contributed by atoms with van der Waals surface area (Å²) in [6, 6.07) is 0. The van der Waals surface area contributed by atoms with Gasteiger partial charge in [-0.05, 0) is 38.6 Å². The van der Waals surface area contributed by atoms with Gasteiger partial charge in [-0.1, -0.05) is 0 Å². The average Bonchev–Trinajstić information content (AvgIpc) is 3.03. The van der Waals surface area contributed by atoms with Gasteiger partial charge in [0.05, 0.1) is 11.2 Å². The maximum atomic E-state index is 12.9. The van der Waals surface area contributed by atoms with Gasteiger partial charge in [0.15, 0.2) is 0 Å². The molecular weight excluding hydrogens is 346 g/mol. The molecule has 0 aliphatic carbocycles. The molecule has 0 bridgehead atoms. The van der Waals surface area contributed by atoms with Crippen molar-refractivity contribution < 1.29 is 0 Å². The summed E-state index contributed by atoms with van der Waals surface area (Å²) in [5, 5.41) is 6.66. The molecule has 0 spiro atoms. The Hall–Kier alpha value is -1.99. The molecule has 138 valence electrons. The third-order valence-corrected chi connectivity index (χ3v) is 6.51. The summed E-state index contributed by atoms with van der Waals surface area (Å²) in [6.07, 6.45) is 0.806. The lowest BCUT2D eigenvalue weighted by Crippen LogP contribution is -2.28. The summed E-state index contributed by atoms with van der Waals surface area (Å²) >= 11 is 1.51. The van der Waals surface area contributed by atoms with Crippen LogP contribution >= 0.6 is 11.3 Å². The predicted octanol–water partition coefficient (Wildman–Crippen LogP) is 2.66. The molecule has 0 N–H and O–H groups in total. The first-order valence-electron chi connectivity index (χ1n) is 9.22. The highest BCUT2D eigenvalue weighted by atomic mass is 32.1. The van der Waals surface area contributed by atoms with Gasteiger partial charge in [0.25, 0.3) is 5.56 Å². The van der Waals surface area contributed by atoms with E-state index in [1.165, 1.54) is 22.6 Å². The Morgan fingerprint density at radius 3 is 2.73 bits per heavy atom. The Bertz CT molecular complexity index is 1030. The Labute approximate surface area is 157 Å². The maximum Gasteiger partial charge on any atom is 0.271 e. The molecule has 0 atom stereocenters. The standard InChI is InChI=1S/C19H25N5OS/c1-5-24-14(4)15(13(3)21-24)10-22-7-6-16-20-17-12(2)11-26-18(17)19(25)23(16)9-8-22/h11H,5-10H2,1-4H3. The van der Waals surface area contributed by atoms with E-state index in [1.807, 2.05) is 16.9 Å². The van der Waals surface area contributed by atoms with Crippen LogP contribution in [-0.4, -0.2) is 37.3 Å². The van der Waals surface area contributed by atoms with E-state index < -0.39 is 0 Å². The van der Waals surface area contributed by atoms with Crippen molar-refractivity contribution in [3.8, 4) is 0 Å². The van der Waals surface area contributed by atoms with Crippen LogP contribution in [0.4, 0.5) is 0 Å². The summed E-state index contributed by atoms with van der Waals surface area (Å²) in [6.45, 7) is 12.6. The number of hydrogen-bond donors (Lipinski definition) is 0. The molecule has 4 heterocycles. The van der Waals surface area contributed by atoms with Crippen LogP contribution in [0.1, 0.15) is 35.3 Å². The first-order valence-corrected chi connectivity index (χ1v) is 10.1. The molecular formula is C19H25N5OS. The molecule has 26 heavy (non-hydrogen) atoms. The second-order valence-corrected chi connectivity index (χ2v) is 7.95. The average molecular weight is 372 g/mol. The monoisotopic (exact) mass is 371 g/mol. The normalized spacial score (nSPS) is 15.4. The van der Waals surface area contributed by atoms with E-state index in [9.17, 15) is 4.79 Å². The van der Waals surface area contributed by atoms with Crippen LogP contribution in [0.2, 0.25) is 0 Å². The molecule has 0 saturated heterocycles. The molecule has 1 aliphatic rings. The summed E-state index contributed by atoms with van der Waals surface area (Å²) < 4.78 is 4.74. The van der Waals surface area contributed by atoms with Crippen LogP contribution in [0, 0.1) is 20.8 Å². The molecule has 7 heteroatoms. The molecule has 0 fully saturated rings. The Morgan fingerprint density at radius 1 is 1.19 bits per heavy atom. The SMILES string of the molecule is CCn1nc(C)c(CN2CCc3nc4c(C)csc4c(=O)n3CC2)c1C. The van der Waals surface area contributed by atoms with Crippen molar-refractivity contribution in [2.75, 3.05) is 13.1 Å². The van der Waals surface area contributed by atoms with Crippen LogP contribution in [-0.2, 0) is 26.1 Å². The second-order valence-electron chi connectivity index (χ2n) is 7.07. The van der Waals surface area contributed by atoms with Gasteiger partial charge in [0.1, 0.15) is 10.5 Å². The minimum atomic E-state index is 0.121. The molecule has 0 amide bonds. The number of aryl methyl sites for hydroxylation is 3. The first kappa shape index (κ1) is 17.4. The number of hydrogen-bond acceptors (Lipinski definition) is 5. The minimum Gasteiger partial charge on any atom is -0.297 e. The highest BCUT2D eigenvalue weighted by Crippen LogP contribution is 2.22. The van der Waals surface area contributed by atoms with Gasteiger partial charge in [0, 0.05) is 50.4 Å². The van der Waals surface area contributed by atoms with Crippen molar-refractivity contribution in [2.24, 2.45) is 0 Å². The first-order chi connectivity index (χ1) is 12.5. The van der Waals surface area contributed by atoms with Crippen LogP contribution in [0.15, 0.2) is 10.2 Å². The van der Waals surface area contributed by atoms with Crippen molar-refractivity contribution in [3.63, 3.8) is 0 Å². The number of nitrogens with zero attached hydrogens (tertiary/aromatic N) is 5. The van der Waals surface area contributed by atoms with Gasteiger partial charge >= 0.3 is 0 Å². The Kier molecular flexibility index (Phi) is 4.44. The van der Waals surface area contributed by atoms with Crippen molar-refractivity contribution in [1.29, 1.82) is 0 Å². The molecule has 0 saturated carbocycles. The molecule has 3 aromatic rings. The second kappa shape index (κ2) is 6.63. The summed E-state index contributed by atoms with van der Waals surface area (Å²) in [7, 11) is 0. The van der Waals surface area contributed by atoms with E-state index in [1.54, 1.807) is 0 Å². The Balaban J connectivity index is 1.61. The highest BCUT2D eigenvalue weighted by Gasteiger charge is 2.21. The molecule has 0 aromatic carbocycles. The maximum absolute atomic E-state index is 12.9. The fraction of sp³-hybridized carbons (Fsp3) is 0.526. The quantitative estimate of drug-likeness (QED) is 0.710. The molecule has 6 nitrogen and oxygen atoms in total. The van der Waals surface area contributed by atoms with E-state index in [0.29, 0.717) is 6.54 Å². The molecule has 0 unspecified atom stereocenters. The van der Waals surface area contributed by atoms with E-state index in [0.717, 1.165) is 59.9 Å². The third-order valence-electron chi connectivity index (χ3n) is 5.44. The van der Waals surface area contributed by atoms with Crippen molar-refractivity contribution in [2.45, 2.75) is 53.8 Å². The van der Waals surface area contributed by atoms with Gasteiger partial charge in [-0.25, -0.2) is 4.98 Å². The molecule has 3 aromatic heterocycles.